The molecular formula is C6H16O4. The van der Waals surface area contributed by atoms with Crippen molar-refractivity contribution in [1.82, 2.24) is 0 Å². The minimum Gasteiger partial charge on any atom is -0.400 e. The van der Waals surface area contributed by atoms with Crippen molar-refractivity contribution in [3.63, 3.8) is 0 Å². The van der Waals surface area contributed by atoms with Crippen LogP contribution in [-0.4, -0.2) is 41.4 Å². The summed E-state index contributed by atoms with van der Waals surface area (Å²) in [6.45, 7) is 2.81. The van der Waals surface area contributed by atoms with Crippen molar-refractivity contribution in [3.05, 3.63) is 0 Å². The summed E-state index contributed by atoms with van der Waals surface area (Å²) in [7, 11) is 1.00. The van der Waals surface area contributed by atoms with E-state index in [9.17, 15) is 4.79 Å². The second kappa shape index (κ2) is 23.5. The van der Waals surface area contributed by atoms with Crippen LogP contribution in [-0.2, 0) is 4.79 Å². The van der Waals surface area contributed by atoms with Crippen LogP contribution in [0.25, 0.3) is 0 Å². The number of hydrogen-bond donors (Lipinski definition) is 3. The minimum absolute atomic E-state index is 0.125. The second-order valence-corrected chi connectivity index (χ2v) is 1.36. The van der Waals surface area contributed by atoms with E-state index in [1.807, 2.05) is 0 Å². The van der Waals surface area contributed by atoms with Crippen LogP contribution in [0.3, 0.4) is 0 Å². The van der Waals surface area contributed by atoms with Gasteiger partial charge in [0.25, 0.3) is 0 Å². The van der Waals surface area contributed by atoms with E-state index in [-0.39, 0.29) is 19.0 Å². The number of carbonyl (C=O) groups excluding carboxylic acids is 1. The van der Waals surface area contributed by atoms with Crippen molar-refractivity contribution in [1.29, 1.82) is 0 Å². The zero-order chi connectivity index (χ0) is 8.99. The van der Waals surface area contributed by atoms with E-state index in [1.54, 1.807) is 0 Å². The SMILES string of the molecule is CC(C)=O.CO.OCCO. The van der Waals surface area contributed by atoms with Crippen molar-refractivity contribution < 1.29 is 20.1 Å². The molecule has 0 aliphatic carbocycles. The van der Waals surface area contributed by atoms with E-state index in [0.717, 1.165) is 7.11 Å². The van der Waals surface area contributed by atoms with Crippen molar-refractivity contribution in [2.24, 2.45) is 0 Å². The predicted molar refractivity (Wildman–Crippen MR) is 38.7 cm³/mol. The largest absolute Gasteiger partial charge is 0.400 e. The Morgan fingerprint density at radius 2 is 1.20 bits per heavy atom. The molecule has 0 fully saturated rings. The zero-order valence-electron chi connectivity index (χ0n) is 6.66. The molecule has 0 aromatic rings. The molecule has 10 heavy (non-hydrogen) atoms. The van der Waals surface area contributed by atoms with E-state index in [4.69, 9.17) is 15.3 Å². The maximum atomic E-state index is 9.44. The van der Waals surface area contributed by atoms with Crippen molar-refractivity contribution in [3.8, 4) is 0 Å². The van der Waals surface area contributed by atoms with Crippen LogP contribution in [0.1, 0.15) is 13.8 Å². The third-order valence-corrected chi connectivity index (χ3v) is 0.1000. The first-order chi connectivity index (χ1) is 4.65. The van der Waals surface area contributed by atoms with Gasteiger partial charge in [-0.3, -0.25) is 0 Å². The van der Waals surface area contributed by atoms with E-state index in [1.165, 1.54) is 13.8 Å². The molecular weight excluding hydrogens is 136 g/mol. The summed E-state index contributed by atoms with van der Waals surface area (Å²) in [4.78, 5) is 9.44. The molecule has 0 aromatic carbocycles. The minimum atomic E-state index is -0.125. The molecule has 0 saturated carbocycles. The summed E-state index contributed by atoms with van der Waals surface area (Å²) in [6, 6.07) is 0. The van der Waals surface area contributed by atoms with Crippen LogP contribution in [0.5, 0.6) is 0 Å². The van der Waals surface area contributed by atoms with Crippen LogP contribution < -0.4 is 0 Å². The summed E-state index contributed by atoms with van der Waals surface area (Å²) in [5.74, 6) is 0.167. The maximum absolute atomic E-state index is 9.44. The molecule has 0 atom stereocenters. The summed E-state index contributed by atoms with van der Waals surface area (Å²) in [5, 5.41) is 22.2. The standard InChI is InChI=1S/C3H6O.C2H6O2.CH4O/c1-3(2)4;3-1-2-4;1-2/h1-2H3;3-4H,1-2H2;2H,1H3. The first-order valence-corrected chi connectivity index (χ1v) is 2.78. The third kappa shape index (κ3) is 1070. The zero-order valence-corrected chi connectivity index (χ0v) is 6.66. The van der Waals surface area contributed by atoms with Crippen LogP contribution in [0, 0.1) is 0 Å². The summed E-state index contributed by atoms with van der Waals surface area (Å²) in [6.07, 6.45) is 0. The van der Waals surface area contributed by atoms with Gasteiger partial charge in [0, 0.05) is 7.11 Å². The van der Waals surface area contributed by atoms with Crippen LogP contribution >= 0.6 is 0 Å². The highest BCUT2D eigenvalue weighted by molar-refractivity contribution is 5.72. The Morgan fingerprint density at radius 1 is 1.10 bits per heavy atom. The Kier molecular flexibility index (Phi) is 38.3. The van der Waals surface area contributed by atoms with Gasteiger partial charge < -0.3 is 20.1 Å². The molecule has 64 valence electrons. The lowest BCUT2D eigenvalue weighted by Crippen LogP contribution is -1.85. The molecule has 0 aromatic heterocycles. The Labute approximate surface area is 61.1 Å². The average Bonchev–Trinajstić information content (AvgIpc) is 1.91. The Bertz CT molecular complexity index is 47.7. The molecule has 0 spiro atoms. The number of carbonyl (C=O) groups is 1. The number of rotatable bonds is 1. The Morgan fingerprint density at radius 3 is 1.20 bits per heavy atom. The van der Waals surface area contributed by atoms with E-state index < -0.39 is 0 Å². The number of Topliss-reactive ketones (excluding diaryl/α,β-unsaturated/α-hetero) is 1. The smallest absolute Gasteiger partial charge is 0.126 e. The van der Waals surface area contributed by atoms with Crippen LogP contribution in [0.4, 0.5) is 0 Å². The molecule has 0 saturated heterocycles. The highest BCUT2D eigenvalue weighted by atomic mass is 16.3. The maximum Gasteiger partial charge on any atom is 0.126 e. The van der Waals surface area contributed by atoms with Crippen LogP contribution in [0.15, 0.2) is 0 Å². The molecule has 0 rings (SSSR count). The molecule has 4 nitrogen and oxygen atoms in total. The van der Waals surface area contributed by atoms with Crippen molar-refractivity contribution in [2.75, 3.05) is 20.3 Å². The molecule has 0 aliphatic heterocycles. The van der Waals surface area contributed by atoms with Gasteiger partial charge in [-0.25, -0.2) is 0 Å². The van der Waals surface area contributed by atoms with Gasteiger partial charge >= 0.3 is 0 Å². The lowest BCUT2D eigenvalue weighted by atomic mass is 10.6. The molecule has 3 N–H and O–H groups in total. The van der Waals surface area contributed by atoms with Gasteiger partial charge in [0.05, 0.1) is 13.2 Å². The Hall–Kier alpha value is -0.450. The fraction of sp³-hybridized carbons (Fsp3) is 0.833. The predicted octanol–water partition coefficient (Wildman–Crippen LogP) is -0.825. The van der Waals surface area contributed by atoms with Crippen molar-refractivity contribution >= 4 is 5.78 Å². The first-order valence-electron chi connectivity index (χ1n) is 2.78. The second-order valence-electron chi connectivity index (χ2n) is 1.36. The molecule has 0 radical (unpaired) electrons. The Balaban J connectivity index is -0.0000000787. The van der Waals surface area contributed by atoms with E-state index in [0.29, 0.717) is 0 Å². The average molecular weight is 152 g/mol. The van der Waals surface area contributed by atoms with E-state index >= 15 is 0 Å². The summed E-state index contributed by atoms with van der Waals surface area (Å²) < 4.78 is 0. The van der Waals surface area contributed by atoms with Gasteiger partial charge in [-0.1, -0.05) is 0 Å². The number of aliphatic hydroxyl groups excluding tert-OH is 3. The third-order valence-electron chi connectivity index (χ3n) is 0.1000. The molecule has 0 amide bonds. The number of hydrogen-bond acceptors (Lipinski definition) is 4. The topological polar surface area (TPSA) is 77.8 Å². The lowest BCUT2D eigenvalue weighted by molar-refractivity contribution is -0.114. The fourth-order valence-electron chi connectivity index (χ4n) is 0. The fourth-order valence-corrected chi connectivity index (χ4v) is 0. The molecule has 0 heterocycles. The van der Waals surface area contributed by atoms with Crippen LogP contribution in [0.2, 0.25) is 0 Å². The highest BCUT2D eigenvalue weighted by Crippen LogP contribution is 1.50. The summed E-state index contributed by atoms with van der Waals surface area (Å²) in [5.41, 5.74) is 0. The molecule has 4 heteroatoms. The quantitative estimate of drug-likeness (QED) is 0.458. The normalized spacial score (nSPS) is 6.20. The highest BCUT2D eigenvalue weighted by Gasteiger charge is 1.62. The molecule has 0 bridgehead atoms. The van der Waals surface area contributed by atoms with Gasteiger partial charge in [0.2, 0.25) is 0 Å². The number of ketones is 1. The number of aliphatic hydroxyl groups is 3. The molecule has 0 unspecified atom stereocenters. The molecule has 0 aliphatic rings. The van der Waals surface area contributed by atoms with Gasteiger partial charge in [0.15, 0.2) is 0 Å². The van der Waals surface area contributed by atoms with Crippen molar-refractivity contribution in [2.45, 2.75) is 13.8 Å². The van der Waals surface area contributed by atoms with Gasteiger partial charge in [0.1, 0.15) is 5.78 Å². The van der Waals surface area contributed by atoms with Gasteiger partial charge in [-0.2, -0.15) is 0 Å². The first kappa shape index (κ1) is 16.3. The van der Waals surface area contributed by atoms with Gasteiger partial charge in [-0.15, -0.1) is 0 Å². The lowest BCUT2D eigenvalue weighted by Gasteiger charge is -1.70. The summed E-state index contributed by atoms with van der Waals surface area (Å²) >= 11 is 0. The monoisotopic (exact) mass is 152 g/mol. The van der Waals surface area contributed by atoms with Gasteiger partial charge in [-0.05, 0) is 13.8 Å². The van der Waals surface area contributed by atoms with E-state index in [2.05, 4.69) is 0 Å².